The highest BCUT2D eigenvalue weighted by molar-refractivity contribution is 6.02. The number of aryl methyl sites for hydroxylation is 1. The smallest absolute Gasteiger partial charge is 0.341 e. The second kappa shape index (κ2) is 3.89. The maximum absolute atomic E-state index is 11.5. The topological polar surface area (TPSA) is 59.7 Å². The lowest BCUT2D eigenvalue weighted by molar-refractivity contribution is 0.0601. The number of furan rings is 1. The number of aromatic hydroxyl groups is 1. The van der Waals surface area contributed by atoms with Gasteiger partial charge in [0, 0.05) is 11.8 Å². The van der Waals surface area contributed by atoms with Crippen LogP contribution in [0.4, 0.5) is 0 Å². The molecule has 16 heavy (non-hydrogen) atoms. The van der Waals surface area contributed by atoms with Crippen LogP contribution in [-0.4, -0.2) is 18.2 Å². The zero-order valence-electron chi connectivity index (χ0n) is 9.11. The van der Waals surface area contributed by atoms with Gasteiger partial charge in [0.25, 0.3) is 0 Å². The normalized spacial score (nSPS) is 10.6. The molecule has 0 saturated heterocycles. The van der Waals surface area contributed by atoms with Gasteiger partial charge in [0.15, 0.2) is 0 Å². The van der Waals surface area contributed by atoms with Gasteiger partial charge in [-0.2, -0.15) is 0 Å². The minimum absolute atomic E-state index is 0.0244. The van der Waals surface area contributed by atoms with Gasteiger partial charge < -0.3 is 14.3 Å². The van der Waals surface area contributed by atoms with Crippen molar-refractivity contribution in [2.45, 2.75) is 13.3 Å². The monoisotopic (exact) mass is 220 g/mol. The molecule has 0 aliphatic heterocycles. The quantitative estimate of drug-likeness (QED) is 0.790. The van der Waals surface area contributed by atoms with Crippen molar-refractivity contribution in [2.24, 2.45) is 0 Å². The lowest BCUT2D eigenvalue weighted by Crippen LogP contribution is -2.01. The Morgan fingerprint density at radius 3 is 2.81 bits per heavy atom. The average Bonchev–Trinajstić information content (AvgIpc) is 2.69. The van der Waals surface area contributed by atoms with Crippen LogP contribution in [0.5, 0.6) is 5.75 Å². The van der Waals surface area contributed by atoms with Gasteiger partial charge in [0.1, 0.15) is 22.7 Å². The minimum Gasteiger partial charge on any atom is -0.508 e. The van der Waals surface area contributed by atoms with Crippen LogP contribution in [0.15, 0.2) is 22.6 Å². The van der Waals surface area contributed by atoms with Crippen molar-refractivity contribution in [2.75, 3.05) is 7.11 Å². The van der Waals surface area contributed by atoms with Crippen LogP contribution < -0.4 is 0 Å². The molecule has 0 radical (unpaired) electrons. The highest BCUT2D eigenvalue weighted by Crippen LogP contribution is 2.28. The number of benzene rings is 1. The van der Waals surface area contributed by atoms with E-state index < -0.39 is 5.97 Å². The van der Waals surface area contributed by atoms with Crippen LogP contribution >= 0.6 is 0 Å². The first-order chi connectivity index (χ1) is 7.65. The molecule has 0 saturated carbocycles. The number of carbonyl (C=O) groups is 1. The predicted octanol–water partition coefficient (Wildman–Crippen LogP) is 2.49. The number of hydrogen-bond donors (Lipinski definition) is 1. The molecule has 0 amide bonds. The van der Waals surface area contributed by atoms with E-state index in [4.69, 9.17) is 4.42 Å². The van der Waals surface area contributed by atoms with E-state index in [1.165, 1.54) is 13.2 Å². The van der Waals surface area contributed by atoms with E-state index in [1.807, 2.05) is 13.0 Å². The molecule has 0 aliphatic rings. The summed E-state index contributed by atoms with van der Waals surface area (Å²) < 4.78 is 10.1. The molecule has 1 heterocycles. The van der Waals surface area contributed by atoms with E-state index in [2.05, 4.69) is 4.74 Å². The fraction of sp³-hybridized carbons (Fsp3) is 0.250. The summed E-state index contributed by atoms with van der Waals surface area (Å²) in [6.45, 7) is 1.95. The summed E-state index contributed by atoms with van der Waals surface area (Å²) in [5, 5.41) is 10.2. The summed E-state index contributed by atoms with van der Waals surface area (Å²) in [4.78, 5) is 11.5. The molecule has 84 valence electrons. The fourth-order valence-electron chi connectivity index (χ4n) is 1.63. The van der Waals surface area contributed by atoms with Crippen molar-refractivity contribution < 1.29 is 19.1 Å². The lowest BCUT2D eigenvalue weighted by Gasteiger charge is -2.00. The van der Waals surface area contributed by atoms with Gasteiger partial charge in [-0.1, -0.05) is 6.92 Å². The Morgan fingerprint density at radius 1 is 1.44 bits per heavy atom. The summed E-state index contributed by atoms with van der Waals surface area (Å²) in [6, 6.07) is 4.71. The summed E-state index contributed by atoms with van der Waals surface area (Å²) in [7, 11) is 1.29. The van der Waals surface area contributed by atoms with E-state index in [1.54, 1.807) is 6.07 Å². The van der Waals surface area contributed by atoms with E-state index in [0.717, 1.165) is 12.2 Å². The maximum atomic E-state index is 11.5. The summed E-state index contributed by atoms with van der Waals surface area (Å²) in [5.41, 5.74) is 0.707. The van der Waals surface area contributed by atoms with Crippen molar-refractivity contribution >= 4 is 16.9 Å². The number of rotatable bonds is 2. The third-order valence-corrected chi connectivity index (χ3v) is 2.41. The summed E-state index contributed by atoms with van der Waals surface area (Å²) in [6.07, 6.45) is 0.732. The summed E-state index contributed by atoms with van der Waals surface area (Å²) in [5.74, 6) is 0.278. The number of methoxy groups -OCH3 is 1. The van der Waals surface area contributed by atoms with E-state index in [0.29, 0.717) is 11.0 Å². The summed E-state index contributed by atoms with van der Waals surface area (Å²) >= 11 is 0. The Labute approximate surface area is 92.4 Å². The van der Waals surface area contributed by atoms with E-state index in [9.17, 15) is 9.90 Å². The molecule has 1 N–H and O–H groups in total. The van der Waals surface area contributed by atoms with Crippen molar-refractivity contribution in [3.63, 3.8) is 0 Å². The maximum Gasteiger partial charge on any atom is 0.341 e. The Balaban J connectivity index is 2.70. The first-order valence-electron chi connectivity index (χ1n) is 4.99. The Morgan fingerprint density at radius 2 is 2.19 bits per heavy atom. The fourth-order valence-corrected chi connectivity index (χ4v) is 1.63. The number of hydrogen-bond acceptors (Lipinski definition) is 4. The predicted molar refractivity (Wildman–Crippen MR) is 58.6 cm³/mol. The Hall–Kier alpha value is -1.97. The van der Waals surface area contributed by atoms with Gasteiger partial charge in [0.2, 0.25) is 0 Å². The van der Waals surface area contributed by atoms with Crippen LogP contribution in [-0.2, 0) is 11.2 Å². The van der Waals surface area contributed by atoms with Crippen molar-refractivity contribution in [3.05, 3.63) is 29.5 Å². The first kappa shape index (κ1) is 10.5. The van der Waals surface area contributed by atoms with Crippen molar-refractivity contribution in [1.29, 1.82) is 0 Å². The molecule has 4 heteroatoms. The number of carbonyl (C=O) groups excluding carboxylic acids is 1. The third kappa shape index (κ3) is 1.62. The minimum atomic E-state index is -0.516. The van der Waals surface area contributed by atoms with Crippen LogP contribution in [0.1, 0.15) is 23.0 Å². The molecule has 0 aliphatic carbocycles. The van der Waals surface area contributed by atoms with Gasteiger partial charge in [-0.15, -0.1) is 0 Å². The number of esters is 1. The van der Waals surface area contributed by atoms with Crippen LogP contribution in [0.3, 0.4) is 0 Å². The second-order valence-corrected chi connectivity index (χ2v) is 3.47. The molecule has 1 aromatic carbocycles. The highest BCUT2D eigenvalue weighted by Gasteiger charge is 2.16. The van der Waals surface area contributed by atoms with Gasteiger partial charge in [-0.05, 0) is 18.2 Å². The molecule has 2 rings (SSSR count). The zero-order chi connectivity index (χ0) is 11.7. The average molecular weight is 220 g/mol. The van der Waals surface area contributed by atoms with Gasteiger partial charge in [-0.25, -0.2) is 4.79 Å². The molecule has 0 spiro atoms. The van der Waals surface area contributed by atoms with E-state index in [-0.39, 0.29) is 11.3 Å². The molecule has 0 bridgehead atoms. The van der Waals surface area contributed by atoms with Crippen molar-refractivity contribution in [3.8, 4) is 5.75 Å². The standard InChI is InChI=1S/C12H12O4/c1-3-9-5-7-4-8(13)6-10(11(7)16-9)12(14)15-2/h4-6,13H,3H2,1-2H3. The largest absolute Gasteiger partial charge is 0.508 e. The molecule has 0 unspecified atom stereocenters. The SMILES string of the molecule is CCc1cc2cc(O)cc(C(=O)OC)c2o1. The van der Waals surface area contributed by atoms with Gasteiger partial charge in [-0.3, -0.25) is 0 Å². The number of phenols is 1. The van der Waals surface area contributed by atoms with Crippen LogP contribution in [0, 0.1) is 0 Å². The number of fused-ring (bicyclic) bond motifs is 1. The van der Waals surface area contributed by atoms with Crippen LogP contribution in [0.25, 0.3) is 11.0 Å². The highest BCUT2D eigenvalue weighted by atomic mass is 16.5. The van der Waals surface area contributed by atoms with Gasteiger partial charge in [0.05, 0.1) is 7.11 Å². The molecule has 1 aromatic heterocycles. The first-order valence-corrected chi connectivity index (χ1v) is 4.99. The van der Waals surface area contributed by atoms with Gasteiger partial charge >= 0.3 is 5.97 Å². The lowest BCUT2D eigenvalue weighted by atomic mass is 10.1. The Kier molecular flexibility index (Phi) is 2.56. The molecule has 4 nitrogen and oxygen atoms in total. The van der Waals surface area contributed by atoms with Crippen molar-refractivity contribution in [1.82, 2.24) is 0 Å². The van der Waals surface area contributed by atoms with Crippen LogP contribution in [0.2, 0.25) is 0 Å². The molecule has 0 atom stereocenters. The zero-order valence-corrected chi connectivity index (χ0v) is 9.11. The molecule has 2 aromatic rings. The third-order valence-electron chi connectivity index (χ3n) is 2.41. The molecular formula is C12H12O4. The number of phenolic OH excluding ortho intramolecular Hbond substituents is 1. The number of ether oxygens (including phenoxy) is 1. The second-order valence-electron chi connectivity index (χ2n) is 3.47. The van der Waals surface area contributed by atoms with E-state index >= 15 is 0 Å². The Bertz CT molecular complexity index is 539. The molecular weight excluding hydrogens is 208 g/mol. The molecule has 0 fully saturated rings.